The number of aromatic nitrogens is 4. The first kappa shape index (κ1) is 37.2. The lowest BCUT2D eigenvalue weighted by molar-refractivity contribution is -0.857. The molecule has 0 saturated carbocycles. The number of carbonyl (C=O) groups is 1. The van der Waals surface area contributed by atoms with E-state index in [9.17, 15) is 4.79 Å². The lowest BCUT2D eigenvalue weighted by Gasteiger charge is -2.31. The van der Waals surface area contributed by atoms with Gasteiger partial charge in [0.25, 0.3) is 5.91 Å². The highest BCUT2D eigenvalue weighted by atomic mass is 16.5. The van der Waals surface area contributed by atoms with Crippen LogP contribution in [0.5, 0.6) is 0 Å². The minimum Gasteiger partial charge on any atom is -0.499 e. The normalized spacial score (nSPS) is 15.8. The Kier molecular flexibility index (Phi) is 12.8. The van der Waals surface area contributed by atoms with Crippen molar-refractivity contribution in [3.8, 4) is 11.4 Å². The molecule has 3 aromatic rings. The molecule has 1 atom stereocenters. The van der Waals surface area contributed by atoms with Gasteiger partial charge in [-0.1, -0.05) is 45.0 Å². The van der Waals surface area contributed by atoms with Crippen molar-refractivity contribution >= 4 is 17.5 Å². The summed E-state index contributed by atoms with van der Waals surface area (Å²) in [5.74, 6) is 1.23. The molecule has 1 amide bonds. The van der Waals surface area contributed by atoms with Gasteiger partial charge in [-0.3, -0.25) is 14.4 Å². The number of nitrogens with zero attached hydrogens (tertiary/aromatic N) is 6. The summed E-state index contributed by atoms with van der Waals surface area (Å²) < 4.78 is 7.94. The molecule has 0 radical (unpaired) electrons. The monoisotopic (exact) mass is 684 g/mol. The van der Waals surface area contributed by atoms with Gasteiger partial charge in [0.15, 0.2) is 5.69 Å². The molecule has 50 heavy (non-hydrogen) atoms. The van der Waals surface area contributed by atoms with Crippen LogP contribution in [0.15, 0.2) is 48.0 Å². The van der Waals surface area contributed by atoms with Crippen LogP contribution in [-0.2, 0) is 37.0 Å². The number of quaternary nitrogens is 1. The van der Waals surface area contributed by atoms with Gasteiger partial charge in [-0.15, -0.1) is 0 Å². The molecular formula is C39H58N9O2+. The maximum Gasteiger partial charge on any atom is 0.276 e. The quantitative estimate of drug-likeness (QED) is 0.206. The molecule has 2 heterocycles. The molecule has 11 nitrogen and oxygen atoms in total. The Morgan fingerprint density at radius 3 is 2.52 bits per heavy atom. The number of hydrogen-bond acceptors (Lipinski definition) is 8. The third-order valence-corrected chi connectivity index (χ3v) is 9.89. The van der Waals surface area contributed by atoms with E-state index in [-0.39, 0.29) is 11.9 Å². The summed E-state index contributed by atoms with van der Waals surface area (Å²) in [6.07, 6.45) is 12.1. The van der Waals surface area contributed by atoms with Crippen LogP contribution < -0.4 is 15.5 Å². The molecule has 0 bridgehead atoms. The van der Waals surface area contributed by atoms with Crippen LogP contribution >= 0.6 is 0 Å². The highest BCUT2D eigenvalue weighted by Gasteiger charge is 2.30. The minimum atomic E-state index is -0.163. The van der Waals surface area contributed by atoms with Gasteiger partial charge in [0.2, 0.25) is 5.95 Å². The number of rotatable bonds is 16. The fraction of sp³-hybridized carbons (Fsp3) is 0.538. The lowest BCUT2D eigenvalue weighted by Crippen LogP contribution is -3.06. The van der Waals surface area contributed by atoms with Crippen molar-refractivity contribution < 1.29 is 14.4 Å². The predicted octanol–water partition coefficient (Wildman–Crippen LogP) is 4.22. The molecule has 2 aromatic heterocycles. The van der Waals surface area contributed by atoms with Crippen molar-refractivity contribution in [2.24, 2.45) is 0 Å². The summed E-state index contributed by atoms with van der Waals surface area (Å²) in [6.45, 7) is 11.1. The number of methoxy groups -OCH3 is 1. The smallest absolute Gasteiger partial charge is 0.276 e. The second-order valence-electron chi connectivity index (χ2n) is 14.0. The molecule has 2 aliphatic rings. The van der Waals surface area contributed by atoms with Crippen LogP contribution in [-0.4, -0.2) is 103 Å². The van der Waals surface area contributed by atoms with Crippen LogP contribution in [0.25, 0.3) is 11.4 Å². The maximum atomic E-state index is 14.1. The Balaban J connectivity index is 1.49. The van der Waals surface area contributed by atoms with Gasteiger partial charge in [-0.25, -0.2) is 9.97 Å². The zero-order chi connectivity index (χ0) is 35.8. The molecule has 5 rings (SSSR count). The van der Waals surface area contributed by atoms with E-state index in [4.69, 9.17) is 19.8 Å². The fourth-order valence-corrected chi connectivity index (χ4v) is 7.04. The zero-order valence-electron chi connectivity index (χ0n) is 31.5. The molecule has 270 valence electrons. The fourth-order valence-electron chi connectivity index (χ4n) is 7.04. The number of allylic oxidation sites excluding steroid dienone is 1. The summed E-state index contributed by atoms with van der Waals surface area (Å²) in [5, 5.41) is 11.8. The molecule has 0 fully saturated rings. The number of hydrogen-bond donors (Lipinski definition) is 3. The Hall–Kier alpha value is -4.06. The standard InChI is InChI=1S/C39H57N9O2/c1-9-27-15-12-16-28(10-2)34(27)42-38(49)36-31-18-13-17-29-26-40-39(43-35(29)37(31)48(44-36)22-14-21-45(4)5)41-32-20-19-30(25-33(32)50-8)47(11-3)24-23-46(6)7/h12,15-16,19-20,26,30H,9-11,13-14,17-18,21-25H2,1-8H3,(H,42,49)(H,40,41,43)/p+1. The van der Waals surface area contributed by atoms with Gasteiger partial charge in [-0.05, 0) is 88.5 Å². The van der Waals surface area contributed by atoms with E-state index in [2.05, 4.69) is 99.7 Å². The Bertz CT molecular complexity index is 1670. The topological polar surface area (TPSA) is 105 Å². The van der Waals surface area contributed by atoms with Crippen LogP contribution in [0.2, 0.25) is 0 Å². The van der Waals surface area contributed by atoms with E-state index in [0.29, 0.717) is 18.2 Å². The zero-order valence-corrected chi connectivity index (χ0v) is 31.5. The van der Waals surface area contributed by atoms with Gasteiger partial charge < -0.3 is 25.2 Å². The van der Waals surface area contributed by atoms with E-state index in [1.807, 2.05) is 10.9 Å². The number of nitrogens with one attached hydrogen (secondary N) is 3. The highest BCUT2D eigenvalue weighted by Crippen LogP contribution is 2.35. The van der Waals surface area contributed by atoms with Crippen molar-refractivity contribution in [3.63, 3.8) is 0 Å². The van der Waals surface area contributed by atoms with E-state index in [1.54, 1.807) is 7.11 Å². The number of anilines is 2. The summed E-state index contributed by atoms with van der Waals surface area (Å²) >= 11 is 0. The maximum absolute atomic E-state index is 14.1. The van der Waals surface area contributed by atoms with Crippen LogP contribution in [0.3, 0.4) is 0 Å². The highest BCUT2D eigenvalue weighted by molar-refractivity contribution is 6.05. The number of ether oxygens (including phenoxy) is 1. The molecule has 1 unspecified atom stereocenters. The van der Waals surface area contributed by atoms with E-state index in [0.717, 1.165) is 122 Å². The molecular weight excluding hydrogens is 626 g/mol. The number of carbonyl (C=O) groups excluding carboxylic acids is 1. The molecule has 11 heteroatoms. The Morgan fingerprint density at radius 1 is 1.10 bits per heavy atom. The second kappa shape index (κ2) is 17.2. The van der Waals surface area contributed by atoms with Gasteiger partial charge in [-0.2, -0.15) is 5.10 Å². The third kappa shape index (κ3) is 8.62. The minimum absolute atomic E-state index is 0.163. The van der Waals surface area contributed by atoms with Gasteiger partial charge in [0.1, 0.15) is 5.76 Å². The van der Waals surface area contributed by atoms with Crippen molar-refractivity contribution in [2.45, 2.75) is 78.3 Å². The largest absolute Gasteiger partial charge is 0.499 e. The van der Waals surface area contributed by atoms with Gasteiger partial charge in [0.05, 0.1) is 44.8 Å². The molecule has 2 aliphatic carbocycles. The summed E-state index contributed by atoms with van der Waals surface area (Å²) in [4.78, 5) is 30.2. The molecule has 0 saturated heterocycles. The van der Waals surface area contributed by atoms with E-state index < -0.39 is 0 Å². The number of para-hydroxylation sites is 1. The third-order valence-electron chi connectivity index (χ3n) is 9.89. The number of benzene rings is 1. The summed E-state index contributed by atoms with van der Waals surface area (Å²) in [7, 11) is 10.3. The van der Waals surface area contributed by atoms with Crippen molar-refractivity contribution in [1.29, 1.82) is 0 Å². The van der Waals surface area contributed by atoms with Gasteiger partial charge >= 0.3 is 0 Å². The average Bonchev–Trinajstić information content (AvgIpc) is 3.36. The molecule has 3 N–H and O–H groups in total. The first-order valence-corrected chi connectivity index (χ1v) is 18.4. The Labute approximate surface area is 298 Å². The summed E-state index contributed by atoms with van der Waals surface area (Å²) in [5.41, 5.74) is 8.32. The van der Waals surface area contributed by atoms with E-state index >= 15 is 0 Å². The SMILES string of the molecule is CCc1cccc(CC)c1NC(=O)c1nn(CCCN(C)C)c2c1CCCc1cnc(NC3=C(OC)CC(N(CC)CC[NH+](C)C)C=C3)nc1-2. The lowest BCUT2D eigenvalue weighted by atomic mass is 10.0. The number of aryl methyl sites for hydroxylation is 4. The van der Waals surface area contributed by atoms with Crippen LogP contribution in [0.4, 0.5) is 11.6 Å². The van der Waals surface area contributed by atoms with Crippen LogP contribution in [0.1, 0.15) is 72.8 Å². The second-order valence-corrected chi connectivity index (χ2v) is 14.0. The molecule has 0 aliphatic heterocycles. The van der Waals surface area contributed by atoms with Crippen LogP contribution in [0, 0.1) is 0 Å². The summed E-state index contributed by atoms with van der Waals surface area (Å²) in [6, 6.07) is 6.53. The number of amides is 1. The van der Waals surface area contributed by atoms with Crippen molar-refractivity contribution in [3.05, 3.63) is 76.0 Å². The van der Waals surface area contributed by atoms with Crippen molar-refractivity contribution in [2.75, 3.05) is 72.1 Å². The number of likely N-dealkylation sites (N-methyl/N-ethyl adjacent to an activating group) is 2. The first-order chi connectivity index (χ1) is 24.2. The molecule has 0 spiro atoms. The first-order valence-electron chi connectivity index (χ1n) is 18.4. The van der Waals surface area contributed by atoms with Crippen molar-refractivity contribution in [1.82, 2.24) is 29.5 Å². The number of fused-ring (bicyclic) bond motifs is 3. The van der Waals surface area contributed by atoms with E-state index in [1.165, 1.54) is 4.90 Å². The average molecular weight is 685 g/mol. The van der Waals surface area contributed by atoms with Gasteiger partial charge in [0, 0.05) is 43.0 Å². The Morgan fingerprint density at radius 2 is 1.86 bits per heavy atom. The predicted molar refractivity (Wildman–Crippen MR) is 202 cm³/mol. The molecule has 1 aromatic carbocycles.